The molecule has 0 fully saturated rings. The topological polar surface area (TPSA) is 111 Å². The lowest BCUT2D eigenvalue weighted by Gasteiger charge is -2.28. The van der Waals surface area contributed by atoms with Crippen molar-refractivity contribution in [2.75, 3.05) is 47.5 Å². The van der Waals surface area contributed by atoms with Crippen molar-refractivity contribution in [2.24, 2.45) is 0 Å². The lowest BCUT2D eigenvalue weighted by Crippen LogP contribution is -2.37. The summed E-state index contributed by atoms with van der Waals surface area (Å²) < 4.78 is 33.3. The molecule has 47 heavy (non-hydrogen) atoms. The highest BCUT2D eigenvalue weighted by molar-refractivity contribution is 7.45. The zero-order valence-electron chi connectivity index (χ0n) is 31.2. The minimum Gasteiger partial charge on any atom is -0.756 e. The van der Waals surface area contributed by atoms with Crippen LogP contribution in [0.1, 0.15) is 174 Å². The Bertz CT molecular complexity index is 789. The highest BCUT2D eigenvalue weighted by atomic mass is 31.2. The van der Waals surface area contributed by atoms with Crippen molar-refractivity contribution in [3.8, 4) is 0 Å². The first-order valence-electron chi connectivity index (χ1n) is 19.2. The van der Waals surface area contributed by atoms with E-state index in [1.807, 2.05) is 28.1 Å². The fourth-order valence-corrected chi connectivity index (χ4v) is 6.01. The Hall–Kier alpha value is -0.990. The second-order valence-electron chi connectivity index (χ2n) is 14.3. The number of unbranched alkanes of at least 4 members (excludes halogenated alkanes) is 21. The molecular formula is C37H74NO8P. The normalized spacial score (nSPS) is 13.7. The van der Waals surface area contributed by atoms with Crippen molar-refractivity contribution in [3.05, 3.63) is 0 Å². The first-order valence-corrected chi connectivity index (χ1v) is 20.7. The van der Waals surface area contributed by atoms with Crippen LogP contribution in [-0.2, 0) is 32.7 Å². The largest absolute Gasteiger partial charge is 0.756 e. The second-order valence-corrected chi connectivity index (χ2v) is 15.7. The molecule has 0 aromatic rings. The number of phosphoric acid groups is 1. The summed E-state index contributed by atoms with van der Waals surface area (Å²) in [5.41, 5.74) is 0. The zero-order chi connectivity index (χ0) is 35.1. The molecule has 0 radical (unpaired) electrons. The van der Waals surface area contributed by atoms with Gasteiger partial charge in [0.25, 0.3) is 7.82 Å². The van der Waals surface area contributed by atoms with Gasteiger partial charge in [0, 0.05) is 12.8 Å². The number of carbonyl (C=O) groups excluding carboxylic acids is 2. The number of ether oxygens (including phenoxy) is 2. The highest BCUT2D eigenvalue weighted by Crippen LogP contribution is 2.38. The predicted octanol–water partition coefficient (Wildman–Crippen LogP) is 9.44. The van der Waals surface area contributed by atoms with Crippen LogP contribution in [0.25, 0.3) is 0 Å². The van der Waals surface area contributed by atoms with Gasteiger partial charge in [-0.1, -0.05) is 149 Å². The van der Waals surface area contributed by atoms with Gasteiger partial charge in [-0.05, 0) is 12.8 Å². The van der Waals surface area contributed by atoms with E-state index in [0.29, 0.717) is 23.9 Å². The SMILES string of the molecule is CCCCCCCCCCCCCCCCCCCCCCCC(=O)OC(COC(=O)CCCC)COP(=O)([O-])OCC[N+](C)(C)C. The zero-order valence-corrected chi connectivity index (χ0v) is 32.1. The van der Waals surface area contributed by atoms with E-state index in [2.05, 4.69) is 6.92 Å². The van der Waals surface area contributed by atoms with Crippen molar-refractivity contribution >= 4 is 19.8 Å². The van der Waals surface area contributed by atoms with Crippen molar-refractivity contribution < 1.29 is 42.1 Å². The molecule has 2 atom stereocenters. The van der Waals surface area contributed by atoms with E-state index >= 15 is 0 Å². The van der Waals surface area contributed by atoms with E-state index in [0.717, 1.165) is 19.3 Å². The molecule has 0 aliphatic rings. The number of carbonyl (C=O) groups is 2. The Balaban J connectivity index is 3.97. The number of nitrogens with zero attached hydrogens (tertiary/aromatic N) is 1. The summed E-state index contributed by atoms with van der Waals surface area (Å²) in [5.74, 6) is -0.866. The summed E-state index contributed by atoms with van der Waals surface area (Å²) in [6, 6.07) is 0. The number of hydrogen-bond donors (Lipinski definition) is 0. The van der Waals surface area contributed by atoms with Crippen molar-refractivity contribution in [1.82, 2.24) is 0 Å². The lowest BCUT2D eigenvalue weighted by atomic mass is 10.0. The fraction of sp³-hybridized carbons (Fsp3) is 0.946. The van der Waals surface area contributed by atoms with E-state index in [1.165, 1.54) is 116 Å². The molecule has 0 aromatic carbocycles. The summed E-state index contributed by atoms with van der Waals surface area (Å²) >= 11 is 0. The van der Waals surface area contributed by atoms with Gasteiger partial charge in [0.05, 0.1) is 27.7 Å². The minimum atomic E-state index is -4.59. The quantitative estimate of drug-likeness (QED) is 0.0280. The number of rotatable bonds is 35. The number of likely N-dealkylation sites (N-methyl/N-ethyl adjacent to an activating group) is 1. The van der Waals surface area contributed by atoms with Gasteiger partial charge in [-0.25, -0.2) is 0 Å². The molecule has 0 aliphatic heterocycles. The molecule has 0 rings (SSSR count). The maximum atomic E-state index is 12.5. The second kappa shape index (κ2) is 31.0. The van der Waals surface area contributed by atoms with Crippen LogP contribution in [-0.4, -0.2) is 70.0 Å². The number of esters is 2. The van der Waals surface area contributed by atoms with Gasteiger partial charge in [0.2, 0.25) is 0 Å². The molecule has 0 bridgehead atoms. The number of phosphoric ester groups is 1. The standard InChI is InChI=1S/C37H74NO8P/c1-6-8-10-11-12-13-14-15-16-17-18-19-20-21-22-23-24-25-26-27-28-30-37(40)46-35(33-43-36(39)29-9-7-2)34-45-47(41,42)44-32-31-38(3,4)5/h35H,6-34H2,1-5H3. The van der Waals surface area contributed by atoms with Crippen LogP contribution in [0.2, 0.25) is 0 Å². The van der Waals surface area contributed by atoms with Gasteiger partial charge in [0.1, 0.15) is 19.8 Å². The summed E-state index contributed by atoms with van der Waals surface area (Å²) in [4.78, 5) is 36.6. The summed E-state index contributed by atoms with van der Waals surface area (Å²) in [6.07, 6.45) is 28.3. The first-order chi connectivity index (χ1) is 22.5. The van der Waals surface area contributed by atoms with E-state index in [-0.39, 0.29) is 26.1 Å². The first kappa shape index (κ1) is 46.0. The number of quaternary nitrogens is 1. The lowest BCUT2D eigenvalue weighted by molar-refractivity contribution is -0.870. The van der Waals surface area contributed by atoms with Gasteiger partial charge in [-0.3, -0.25) is 14.2 Å². The Labute approximate surface area is 289 Å². The minimum absolute atomic E-state index is 0.0276. The van der Waals surface area contributed by atoms with Gasteiger partial charge < -0.3 is 27.9 Å². The molecule has 280 valence electrons. The van der Waals surface area contributed by atoms with Crippen molar-refractivity contribution in [1.29, 1.82) is 0 Å². The molecule has 0 saturated heterocycles. The molecular weight excluding hydrogens is 617 g/mol. The van der Waals surface area contributed by atoms with E-state index in [1.54, 1.807) is 0 Å². The van der Waals surface area contributed by atoms with Crippen LogP contribution < -0.4 is 4.89 Å². The fourth-order valence-electron chi connectivity index (χ4n) is 5.28. The summed E-state index contributed by atoms with van der Waals surface area (Å²) in [7, 11) is 1.17. The van der Waals surface area contributed by atoms with E-state index in [4.69, 9.17) is 18.5 Å². The van der Waals surface area contributed by atoms with Crippen molar-refractivity contribution in [2.45, 2.75) is 180 Å². The molecule has 9 nitrogen and oxygen atoms in total. The predicted molar refractivity (Wildman–Crippen MR) is 190 cm³/mol. The van der Waals surface area contributed by atoms with E-state index in [9.17, 15) is 19.0 Å². The van der Waals surface area contributed by atoms with Gasteiger partial charge in [-0.15, -0.1) is 0 Å². The third-order valence-corrected chi connectivity index (χ3v) is 9.34. The van der Waals surface area contributed by atoms with Crippen LogP contribution in [0.5, 0.6) is 0 Å². The number of hydrogen-bond acceptors (Lipinski definition) is 8. The molecule has 0 spiro atoms. The maximum absolute atomic E-state index is 12.5. The Morgan fingerprint density at radius 3 is 1.40 bits per heavy atom. The summed E-state index contributed by atoms with van der Waals surface area (Å²) in [5, 5.41) is 0. The molecule has 0 aromatic heterocycles. The van der Waals surface area contributed by atoms with Gasteiger partial charge >= 0.3 is 11.9 Å². The third-order valence-electron chi connectivity index (χ3n) is 8.38. The molecule has 0 amide bonds. The van der Waals surface area contributed by atoms with Crippen molar-refractivity contribution in [3.63, 3.8) is 0 Å². The Morgan fingerprint density at radius 2 is 0.979 bits per heavy atom. The Morgan fingerprint density at radius 1 is 0.574 bits per heavy atom. The van der Waals surface area contributed by atoms with Crippen LogP contribution >= 0.6 is 7.82 Å². The van der Waals surface area contributed by atoms with Crippen LogP contribution in [0.4, 0.5) is 0 Å². The van der Waals surface area contributed by atoms with E-state index < -0.39 is 32.5 Å². The molecule has 0 saturated carbocycles. The van der Waals surface area contributed by atoms with Gasteiger partial charge in [0.15, 0.2) is 6.10 Å². The average molecular weight is 692 g/mol. The summed E-state index contributed by atoms with van der Waals surface area (Å²) in [6.45, 7) is 3.97. The monoisotopic (exact) mass is 692 g/mol. The van der Waals surface area contributed by atoms with Crippen LogP contribution in [0, 0.1) is 0 Å². The van der Waals surface area contributed by atoms with Gasteiger partial charge in [-0.2, -0.15) is 0 Å². The molecule has 0 heterocycles. The smallest absolute Gasteiger partial charge is 0.306 e. The molecule has 10 heteroatoms. The Kier molecular flexibility index (Phi) is 30.4. The highest BCUT2D eigenvalue weighted by Gasteiger charge is 2.21. The maximum Gasteiger partial charge on any atom is 0.306 e. The van der Waals surface area contributed by atoms with Crippen LogP contribution in [0.3, 0.4) is 0 Å². The molecule has 2 unspecified atom stereocenters. The van der Waals surface area contributed by atoms with Crippen LogP contribution in [0.15, 0.2) is 0 Å². The average Bonchev–Trinajstić information content (AvgIpc) is 3.01. The molecule has 0 N–H and O–H groups in total. The third kappa shape index (κ3) is 34.7. The molecule has 0 aliphatic carbocycles.